The number of halogens is 3. The summed E-state index contributed by atoms with van der Waals surface area (Å²) in [7, 11) is 1.93. The molecule has 1 aromatic carbocycles. The summed E-state index contributed by atoms with van der Waals surface area (Å²) in [6.45, 7) is 3.49. The first-order valence-corrected chi connectivity index (χ1v) is 11.2. The van der Waals surface area contributed by atoms with Crippen molar-refractivity contribution < 1.29 is 27.8 Å². The second kappa shape index (κ2) is 9.48. The normalized spacial score (nSPS) is 19.2. The number of aliphatic carboxylic acids is 1. The molecule has 0 saturated carbocycles. The molecule has 1 N–H and O–H groups in total. The molecule has 4 nitrogen and oxygen atoms in total. The molecule has 0 fully saturated rings. The van der Waals surface area contributed by atoms with Crippen molar-refractivity contribution in [2.75, 3.05) is 19.4 Å². The third kappa shape index (κ3) is 5.71. The fraction of sp³-hybridized carbons (Fsp3) is 0.318. The number of hydrogen-bond acceptors (Lipinski definition) is 5. The zero-order valence-electron chi connectivity index (χ0n) is 17.2. The molecule has 1 aromatic rings. The molecule has 1 aliphatic carbocycles. The van der Waals surface area contributed by atoms with Crippen molar-refractivity contribution in [2.45, 2.75) is 31.3 Å². The lowest BCUT2D eigenvalue weighted by atomic mass is 10.0. The minimum absolute atomic E-state index is 0.253. The molecule has 0 aromatic heterocycles. The van der Waals surface area contributed by atoms with E-state index in [1.165, 1.54) is 6.08 Å². The molecule has 166 valence electrons. The minimum Gasteiger partial charge on any atom is -0.482 e. The predicted molar refractivity (Wildman–Crippen MR) is 118 cm³/mol. The lowest BCUT2D eigenvalue weighted by Crippen LogP contribution is -2.14. The Bertz CT molecular complexity index is 1010. The van der Waals surface area contributed by atoms with E-state index in [1.807, 2.05) is 37.9 Å². The van der Waals surface area contributed by atoms with Gasteiger partial charge in [0, 0.05) is 28.3 Å². The average Bonchev–Trinajstić information content (AvgIpc) is 2.99. The van der Waals surface area contributed by atoms with Gasteiger partial charge in [-0.15, -0.1) is 11.8 Å². The Morgan fingerprint density at radius 3 is 2.61 bits per heavy atom. The Labute approximate surface area is 187 Å². The van der Waals surface area contributed by atoms with Crippen LogP contribution < -0.4 is 4.74 Å². The van der Waals surface area contributed by atoms with Crippen molar-refractivity contribution in [1.82, 2.24) is 4.90 Å². The number of hydrogen-bond donors (Lipinski definition) is 1. The summed E-state index contributed by atoms with van der Waals surface area (Å²) in [6, 6.07) is 5.61. The lowest BCUT2D eigenvalue weighted by Gasteiger charge is -2.19. The van der Waals surface area contributed by atoms with E-state index in [0.717, 1.165) is 43.5 Å². The third-order valence-corrected chi connectivity index (χ3v) is 7.53. The molecule has 0 atom stereocenters. The molecule has 31 heavy (non-hydrogen) atoms. The SMILES string of the molecule is CC1=C(CSc2ccc(OCC(=O)O)c(C)c2)SC(=C2C=CC(C(F)(F)F)=CC2)N1C. The average molecular weight is 470 g/mol. The number of thioether (sulfide) groups is 2. The summed E-state index contributed by atoms with van der Waals surface area (Å²) in [4.78, 5) is 14.9. The molecule has 1 aliphatic heterocycles. The van der Waals surface area contributed by atoms with E-state index in [4.69, 9.17) is 9.84 Å². The zero-order valence-corrected chi connectivity index (χ0v) is 18.9. The highest BCUT2D eigenvalue weighted by Gasteiger charge is 2.33. The predicted octanol–water partition coefficient (Wildman–Crippen LogP) is 6.12. The van der Waals surface area contributed by atoms with E-state index < -0.39 is 17.7 Å². The number of rotatable bonds is 6. The fourth-order valence-corrected chi connectivity index (χ4v) is 5.51. The smallest absolute Gasteiger partial charge is 0.416 e. The number of ether oxygens (including phenoxy) is 1. The molecule has 9 heteroatoms. The van der Waals surface area contributed by atoms with Gasteiger partial charge in [-0.25, -0.2) is 4.79 Å². The standard InChI is InChI=1S/C22H22F3NO3S2/c1-13-10-17(8-9-18(13)29-11-20(27)28)30-12-19-14(2)26(3)21(31-19)15-4-6-16(7-5-15)22(23,24)25/h4,6-10H,5,11-12H2,1-3H3,(H,27,28). The minimum atomic E-state index is -4.32. The van der Waals surface area contributed by atoms with Crippen LogP contribution >= 0.6 is 23.5 Å². The summed E-state index contributed by atoms with van der Waals surface area (Å²) in [6.07, 6.45) is -0.134. The molecule has 0 radical (unpaired) electrons. The Hall–Kier alpha value is -2.26. The van der Waals surface area contributed by atoms with Crippen LogP contribution in [-0.4, -0.2) is 41.6 Å². The van der Waals surface area contributed by atoms with E-state index in [9.17, 15) is 18.0 Å². The van der Waals surface area contributed by atoms with Crippen LogP contribution in [0.2, 0.25) is 0 Å². The Balaban J connectivity index is 1.65. The highest BCUT2D eigenvalue weighted by atomic mass is 32.2. The van der Waals surface area contributed by atoms with Crippen LogP contribution in [0, 0.1) is 6.92 Å². The van der Waals surface area contributed by atoms with Crippen LogP contribution in [0.5, 0.6) is 5.75 Å². The van der Waals surface area contributed by atoms with Crippen LogP contribution in [0.4, 0.5) is 13.2 Å². The van der Waals surface area contributed by atoms with Crippen molar-refractivity contribution in [2.24, 2.45) is 0 Å². The monoisotopic (exact) mass is 469 g/mol. The summed E-state index contributed by atoms with van der Waals surface area (Å²) >= 11 is 3.24. The first-order valence-electron chi connectivity index (χ1n) is 9.44. The number of carboxylic acids is 1. The number of nitrogens with zero attached hydrogens (tertiary/aromatic N) is 1. The topological polar surface area (TPSA) is 49.8 Å². The molecule has 0 bridgehead atoms. The highest BCUT2D eigenvalue weighted by molar-refractivity contribution is 8.08. The summed E-state index contributed by atoms with van der Waals surface area (Å²) in [5, 5.41) is 9.69. The maximum absolute atomic E-state index is 12.8. The summed E-state index contributed by atoms with van der Waals surface area (Å²) in [5.41, 5.74) is 2.21. The maximum Gasteiger partial charge on any atom is 0.416 e. The van der Waals surface area contributed by atoms with Crippen molar-refractivity contribution in [1.29, 1.82) is 0 Å². The summed E-state index contributed by atoms with van der Waals surface area (Å²) < 4.78 is 43.8. The number of carbonyl (C=O) groups is 1. The molecular weight excluding hydrogens is 447 g/mol. The van der Waals surface area contributed by atoms with Crippen LogP contribution in [0.15, 0.2) is 68.1 Å². The Kier molecular flexibility index (Phi) is 7.16. The van der Waals surface area contributed by atoms with Crippen molar-refractivity contribution in [3.8, 4) is 5.75 Å². The number of allylic oxidation sites excluding steroid dienone is 6. The van der Waals surface area contributed by atoms with Crippen molar-refractivity contribution >= 4 is 29.5 Å². The molecule has 1 heterocycles. The molecule has 0 unspecified atom stereocenters. The largest absolute Gasteiger partial charge is 0.482 e. The van der Waals surface area contributed by atoms with E-state index in [2.05, 4.69) is 0 Å². The van der Waals surface area contributed by atoms with Gasteiger partial charge in [0.1, 0.15) is 5.75 Å². The second-order valence-electron chi connectivity index (χ2n) is 7.09. The number of benzene rings is 1. The quantitative estimate of drug-likeness (QED) is 0.507. The van der Waals surface area contributed by atoms with Crippen LogP contribution in [0.3, 0.4) is 0 Å². The van der Waals surface area contributed by atoms with E-state index in [-0.39, 0.29) is 13.0 Å². The van der Waals surface area contributed by atoms with Crippen LogP contribution in [0.25, 0.3) is 0 Å². The number of aryl methyl sites for hydroxylation is 1. The van der Waals surface area contributed by atoms with E-state index >= 15 is 0 Å². The van der Waals surface area contributed by atoms with Gasteiger partial charge in [0.15, 0.2) is 6.61 Å². The van der Waals surface area contributed by atoms with Gasteiger partial charge in [0.25, 0.3) is 0 Å². The van der Waals surface area contributed by atoms with Gasteiger partial charge < -0.3 is 14.7 Å². The van der Waals surface area contributed by atoms with Gasteiger partial charge >= 0.3 is 12.1 Å². The van der Waals surface area contributed by atoms with Gasteiger partial charge in [-0.1, -0.05) is 23.9 Å². The number of alkyl halides is 3. The number of carboxylic acid groups (broad SMARTS) is 1. The van der Waals surface area contributed by atoms with E-state index in [0.29, 0.717) is 5.75 Å². The van der Waals surface area contributed by atoms with Crippen LogP contribution in [0.1, 0.15) is 18.9 Å². The Morgan fingerprint density at radius 1 is 1.29 bits per heavy atom. The zero-order chi connectivity index (χ0) is 22.8. The van der Waals surface area contributed by atoms with Crippen molar-refractivity contribution in [3.05, 3.63) is 68.8 Å². The first kappa shape index (κ1) is 23.4. The van der Waals surface area contributed by atoms with Gasteiger partial charge in [0.05, 0.1) is 10.6 Å². The molecule has 0 amide bonds. The molecule has 2 aliphatic rings. The molecule has 3 rings (SSSR count). The van der Waals surface area contributed by atoms with Gasteiger partial charge in [0.2, 0.25) is 0 Å². The lowest BCUT2D eigenvalue weighted by molar-refractivity contribution is -0.139. The van der Waals surface area contributed by atoms with Crippen LogP contribution in [-0.2, 0) is 4.79 Å². The highest BCUT2D eigenvalue weighted by Crippen LogP contribution is 2.45. The summed E-state index contributed by atoms with van der Waals surface area (Å²) in [5.74, 6) is 0.240. The second-order valence-corrected chi connectivity index (χ2v) is 9.23. The third-order valence-electron chi connectivity index (χ3n) is 4.91. The first-order chi connectivity index (χ1) is 14.6. The molecule has 0 spiro atoms. The van der Waals surface area contributed by atoms with Gasteiger partial charge in [-0.3, -0.25) is 0 Å². The van der Waals surface area contributed by atoms with Gasteiger partial charge in [-0.05, 0) is 55.7 Å². The van der Waals surface area contributed by atoms with Gasteiger partial charge in [-0.2, -0.15) is 13.2 Å². The fourth-order valence-electron chi connectivity index (χ4n) is 3.09. The maximum atomic E-state index is 12.8. The molecule has 0 saturated heterocycles. The van der Waals surface area contributed by atoms with E-state index in [1.54, 1.807) is 35.7 Å². The Morgan fingerprint density at radius 2 is 2.03 bits per heavy atom. The van der Waals surface area contributed by atoms with Crippen molar-refractivity contribution in [3.63, 3.8) is 0 Å². The molecular formula is C22H22F3NO3S2.